The van der Waals surface area contributed by atoms with E-state index in [2.05, 4.69) is 36.5 Å². The summed E-state index contributed by atoms with van der Waals surface area (Å²) in [4.78, 5) is 0. The first-order chi connectivity index (χ1) is 12.0. The molecule has 0 aromatic carbocycles. The van der Waals surface area contributed by atoms with E-state index in [4.69, 9.17) is 0 Å². The van der Waals surface area contributed by atoms with Crippen molar-refractivity contribution in [1.29, 1.82) is 0 Å². The highest BCUT2D eigenvalue weighted by molar-refractivity contribution is 5.09. The molecule has 0 spiro atoms. The molecule has 1 rings (SSSR count). The molecule has 137 valence electrons. The Balaban J connectivity index is 2.15. The molecule has 0 heteroatoms. The summed E-state index contributed by atoms with van der Waals surface area (Å²) in [7, 11) is 0. The minimum Gasteiger partial charge on any atom is -0.0845 e. The Kier molecular flexibility index (Phi) is 16.4. The highest BCUT2D eigenvalue weighted by Gasteiger charge is 1.94. The Morgan fingerprint density at radius 3 is 1.42 bits per heavy atom. The van der Waals surface area contributed by atoms with E-state index >= 15 is 0 Å². The number of hydrogen-bond donors (Lipinski definition) is 0. The second kappa shape index (κ2) is 18.6. The smallest absolute Gasteiger partial charge is 0.0276 e. The van der Waals surface area contributed by atoms with E-state index in [1.54, 1.807) is 0 Å². The Labute approximate surface area is 152 Å². The van der Waals surface area contributed by atoms with Crippen LogP contribution in [0.4, 0.5) is 0 Å². The zero-order valence-corrected chi connectivity index (χ0v) is 16.1. The van der Waals surface area contributed by atoms with Gasteiger partial charge < -0.3 is 0 Å². The van der Waals surface area contributed by atoms with E-state index in [-0.39, 0.29) is 0 Å². The van der Waals surface area contributed by atoms with Gasteiger partial charge in [0.2, 0.25) is 0 Å². The van der Waals surface area contributed by atoms with Crippen LogP contribution in [-0.4, -0.2) is 0 Å². The fourth-order valence-corrected chi connectivity index (χ4v) is 3.41. The summed E-state index contributed by atoms with van der Waals surface area (Å²) in [6.45, 7) is 0. The maximum absolute atomic E-state index is 3.39. The molecular formula is C24H41. The van der Waals surface area contributed by atoms with Crippen molar-refractivity contribution in [3.05, 3.63) is 36.5 Å². The Bertz CT molecular complexity index is 289. The third-order valence-electron chi connectivity index (χ3n) is 5.01. The fourth-order valence-electron chi connectivity index (χ4n) is 3.41. The molecule has 0 bridgehead atoms. The lowest BCUT2D eigenvalue weighted by Crippen LogP contribution is -1.84. The van der Waals surface area contributed by atoms with Crippen LogP contribution in [0.5, 0.6) is 0 Å². The maximum atomic E-state index is 3.39. The van der Waals surface area contributed by atoms with Crippen LogP contribution in [0, 0.1) is 6.08 Å². The van der Waals surface area contributed by atoms with Gasteiger partial charge in [0.05, 0.1) is 0 Å². The van der Waals surface area contributed by atoms with E-state index in [1.807, 2.05) is 0 Å². The molecule has 0 amide bonds. The van der Waals surface area contributed by atoms with Gasteiger partial charge in [-0.05, 0) is 31.8 Å². The molecule has 0 unspecified atom stereocenters. The van der Waals surface area contributed by atoms with E-state index in [1.165, 1.54) is 109 Å². The van der Waals surface area contributed by atoms with Crippen LogP contribution >= 0.6 is 0 Å². The largest absolute Gasteiger partial charge is 0.0845 e. The molecule has 1 aliphatic rings. The monoisotopic (exact) mass is 329 g/mol. The van der Waals surface area contributed by atoms with Gasteiger partial charge in [-0.15, -0.1) is 0 Å². The standard InChI is InChI=1S/C24H41/c1-2-4-6-8-10-12-14-16-18-20-22-24-23-21-19-17-15-13-11-9-7-5-3-1/h1-5H,6,8-24H2/b3-1+,4-2-,7-5?. The van der Waals surface area contributed by atoms with Gasteiger partial charge in [-0.25, -0.2) is 0 Å². The van der Waals surface area contributed by atoms with Crippen LogP contribution in [0.25, 0.3) is 0 Å². The van der Waals surface area contributed by atoms with Crippen LogP contribution in [-0.2, 0) is 0 Å². The van der Waals surface area contributed by atoms with Crippen LogP contribution in [0.3, 0.4) is 0 Å². The van der Waals surface area contributed by atoms with E-state index in [9.17, 15) is 0 Å². The zero-order chi connectivity index (χ0) is 17.0. The SMILES string of the molecule is [C]1=C/C=C/C=C\CCCCCCCCCCCCCCCCCC/1. The van der Waals surface area contributed by atoms with Crippen LogP contribution in [0.15, 0.2) is 30.4 Å². The van der Waals surface area contributed by atoms with Crippen molar-refractivity contribution >= 4 is 0 Å². The molecule has 0 fully saturated rings. The first-order valence-corrected chi connectivity index (χ1v) is 10.9. The lowest BCUT2D eigenvalue weighted by Gasteiger charge is -2.03. The molecule has 0 atom stereocenters. The molecular weight excluding hydrogens is 288 g/mol. The highest BCUT2D eigenvalue weighted by atomic mass is 14.0. The molecule has 24 heavy (non-hydrogen) atoms. The average Bonchev–Trinajstić information content (AvgIpc) is 2.59. The Morgan fingerprint density at radius 1 is 0.417 bits per heavy atom. The molecule has 0 aliphatic heterocycles. The molecule has 0 aromatic rings. The summed E-state index contributed by atoms with van der Waals surface area (Å²) in [5.41, 5.74) is 0. The van der Waals surface area contributed by atoms with Gasteiger partial charge in [-0.3, -0.25) is 0 Å². The molecule has 0 heterocycles. The van der Waals surface area contributed by atoms with Crippen molar-refractivity contribution < 1.29 is 0 Å². The summed E-state index contributed by atoms with van der Waals surface area (Å²) in [6.07, 6.45) is 39.5. The molecule has 1 radical (unpaired) electrons. The molecule has 1 aliphatic carbocycles. The predicted molar refractivity (Wildman–Crippen MR) is 109 cm³/mol. The van der Waals surface area contributed by atoms with E-state index in [0.29, 0.717) is 0 Å². The number of allylic oxidation sites excluding steroid dienone is 6. The molecule has 0 N–H and O–H groups in total. The normalized spacial score (nSPS) is 26.0. The minimum absolute atomic E-state index is 1.12. The number of hydrogen-bond acceptors (Lipinski definition) is 0. The summed E-state index contributed by atoms with van der Waals surface area (Å²) < 4.78 is 0. The summed E-state index contributed by atoms with van der Waals surface area (Å²) in [5.74, 6) is 0. The van der Waals surface area contributed by atoms with E-state index in [0.717, 1.165) is 6.42 Å². The van der Waals surface area contributed by atoms with Crippen LogP contribution in [0.2, 0.25) is 0 Å². The molecule has 0 nitrogen and oxygen atoms in total. The third-order valence-corrected chi connectivity index (χ3v) is 5.01. The second-order valence-electron chi connectivity index (χ2n) is 7.38. The summed E-state index contributed by atoms with van der Waals surface area (Å²) in [5, 5.41) is 0. The maximum Gasteiger partial charge on any atom is -0.0276 e. The highest BCUT2D eigenvalue weighted by Crippen LogP contribution is 2.14. The first kappa shape index (κ1) is 21.3. The lowest BCUT2D eigenvalue weighted by molar-refractivity contribution is 0.528. The van der Waals surface area contributed by atoms with Gasteiger partial charge >= 0.3 is 0 Å². The van der Waals surface area contributed by atoms with Crippen molar-refractivity contribution in [2.75, 3.05) is 0 Å². The molecule has 0 saturated heterocycles. The van der Waals surface area contributed by atoms with Crippen molar-refractivity contribution in [2.24, 2.45) is 0 Å². The van der Waals surface area contributed by atoms with Gasteiger partial charge in [0.15, 0.2) is 0 Å². The summed E-state index contributed by atoms with van der Waals surface area (Å²) in [6, 6.07) is 0. The van der Waals surface area contributed by atoms with Gasteiger partial charge in [-0.2, -0.15) is 0 Å². The van der Waals surface area contributed by atoms with Gasteiger partial charge in [0.1, 0.15) is 0 Å². The molecule has 0 aromatic heterocycles. The average molecular weight is 330 g/mol. The lowest BCUT2D eigenvalue weighted by atomic mass is 10.0. The third kappa shape index (κ3) is 16.1. The van der Waals surface area contributed by atoms with Crippen molar-refractivity contribution in [3.63, 3.8) is 0 Å². The fraction of sp³-hybridized carbons (Fsp3) is 0.750. The minimum atomic E-state index is 1.12. The van der Waals surface area contributed by atoms with Gasteiger partial charge in [0.25, 0.3) is 0 Å². The first-order valence-electron chi connectivity index (χ1n) is 10.9. The quantitative estimate of drug-likeness (QED) is 0.418. The zero-order valence-electron chi connectivity index (χ0n) is 16.1. The predicted octanol–water partition coefficient (Wildman–Crippen LogP) is 8.49. The Hall–Kier alpha value is -0.780. The van der Waals surface area contributed by atoms with Crippen LogP contribution in [0.1, 0.15) is 116 Å². The van der Waals surface area contributed by atoms with Crippen molar-refractivity contribution in [1.82, 2.24) is 0 Å². The second-order valence-corrected chi connectivity index (χ2v) is 7.38. The summed E-state index contributed by atoms with van der Waals surface area (Å²) >= 11 is 0. The van der Waals surface area contributed by atoms with Crippen molar-refractivity contribution in [2.45, 2.75) is 116 Å². The number of rotatable bonds is 0. The van der Waals surface area contributed by atoms with Crippen LogP contribution < -0.4 is 0 Å². The Morgan fingerprint density at radius 2 is 0.875 bits per heavy atom. The van der Waals surface area contributed by atoms with Crippen molar-refractivity contribution in [3.8, 4) is 0 Å². The van der Waals surface area contributed by atoms with Gasteiger partial charge in [0, 0.05) is 0 Å². The topological polar surface area (TPSA) is 0 Å². The molecule has 0 saturated carbocycles. The van der Waals surface area contributed by atoms with Gasteiger partial charge in [-0.1, -0.05) is 120 Å². The van der Waals surface area contributed by atoms with E-state index < -0.39 is 0 Å².